The van der Waals surface area contributed by atoms with Crippen LogP contribution in [-0.2, 0) is 6.42 Å². The minimum atomic E-state index is 0.0922. The fraction of sp³-hybridized carbons (Fsp3) is 0.389. The first-order valence-corrected chi connectivity index (χ1v) is 8.43. The van der Waals surface area contributed by atoms with Gasteiger partial charge in [0.05, 0.1) is 0 Å². The molecule has 6 heteroatoms. The number of aromatic nitrogens is 3. The number of fused-ring (bicyclic) bond motifs is 1. The van der Waals surface area contributed by atoms with E-state index >= 15 is 0 Å². The van der Waals surface area contributed by atoms with E-state index in [-0.39, 0.29) is 11.8 Å². The predicted octanol–water partition coefficient (Wildman–Crippen LogP) is 3.13. The van der Waals surface area contributed by atoms with Crippen molar-refractivity contribution in [3.05, 3.63) is 47.7 Å². The molecule has 0 radical (unpaired) electrons. The Morgan fingerprint density at radius 1 is 1.33 bits per heavy atom. The van der Waals surface area contributed by atoms with Crippen LogP contribution in [0.15, 0.2) is 35.2 Å². The minimum Gasteiger partial charge on any atom is -0.350 e. The highest BCUT2D eigenvalue weighted by molar-refractivity contribution is 6.01. The molecular weight excluding hydrogens is 304 g/mol. The number of aryl methyl sites for hydroxylation is 1. The van der Waals surface area contributed by atoms with Crippen molar-refractivity contribution in [2.45, 2.75) is 32.1 Å². The third-order valence-electron chi connectivity index (χ3n) is 4.91. The Hall–Kier alpha value is -2.63. The number of para-hydroxylation sites is 1. The van der Waals surface area contributed by atoms with Crippen LogP contribution in [0.4, 0.5) is 0 Å². The van der Waals surface area contributed by atoms with Crippen LogP contribution in [0.2, 0.25) is 0 Å². The highest BCUT2D eigenvalue weighted by Gasteiger charge is 2.28. The summed E-state index contributed by atoms with van der Waals surface area (Å²) in [6.45, 7) is 3.53. The van der Waals surface area contributed by atoms with E-state index in [1.54, 1.807) is 0 Å². The summed E-state index contributed by atoms with van der Waals surface area (Å²) in [5, 5.41) is 5.07. The maximum atomic E-state index is 13.0. The van der Waals surface area contributed by atoms with E-state index in [1.165, 1.54) is 6.39 Å². The number of rotatable bonds is 3. The third kappa shape index (κ3) is 2.48. The molecule has 3 aromatic rings. The number of nitrogens with zero attached hydrogens (tertiary/aromatic N) is 3. The quantitative estimate of drug-likeness (QED) is 0.803. The summed E-state index contributed by atoms with van der Waals surface area (Å²) in [5.74, 6) is 1.12. The number of likely N-dealkylation sites (tertiary alicyclic amines) is 1. The number of carbonyl (C=O) groups excluding carboxylic acids is 1. The summed E-state index contributed by atoms with van der Waals surface area (Å²) in [6.07, 6.45) is 3.94. The van der Waals surface area contributed by atoms with Crippen molar-refractivity contribution in [3.8, 4) is 0 Å². The van der Waals surface area contributed by atoms with E-state index in [4.69, 9.17) is 4.52 Å². The van der Waals surface area contributed by atoms with Crippen LogP contribution in [-0.4, -0.2) is 39.0 Å². The van der Waals surface area contributed by atoms with Crippen molar-refractivity contribution in [3.63, 3.8) is 0 Å². The van der Waals surface area contributed by atoms with E-state index in [0.717, 1.165) is 60.3 Å². The van der Waals surface area contributed by atoms with Gasteiger partial charge in [-0.15, -0.1) is 0 Å². The third-order valence-corrected chi connectivity index (χ3v) is 4.91. The number of nitrogens with one attached hydrogen (secondary N) is 1. The van der Waals surface area contributed by atoms with Gasteiger partial charge in [-0.2, -0.15) is 4.98 Å². The number of piperidine rings is 1. The number of amides is 1. The molecule has 1 aliphatic rings. The molecule has 1 aliphatic heterocycles. The van der Waals surface area contributed by atoms with Gasteiger partial charge in [0.2, 0.25) is 6.39 Å². The monoisotopic (exact) mass is 324 g/mol. The summed E-state index contributed by atoms with van der Waals surface area (Å²) in [6, 6.07) is 8.10. The van der Waals surface area contributed by atoms with Crippen LogP contribution in [0.3, 0.4) is 0 Å². The van der Waals surface area contributed by atoms with Crippen LogP contribution < -0.4 is 0 Å². The highest BCUT2D eigenvalue weighted by Crippen LogP contribution is 2.28. The lowest BCUT2D eigenvalue weighted by Crippen LogP contribution is -2.38. The number of aromatic amines is 1. The van der Waals surface area contributed by atoms with Gasteiger partial charge >= 0.3 is 0 Å². The Morgan fingerprint density at radius 2 is 2.12 bits per heavy atom. The number of hydrogen-bond acceptors (Lipinski definition) is 4. The van der Waals surface area contributed by atoms with Crippen molar-refractivity contribution < 1.29 is 9.32 Å². The molecule has 0 spiro atoms. The fourth-order valence-corrected chi connectivity index (χ4v) is 3.61. The lowest BCUT2D eigenvalue weighted by Gasteiger charge is -2.30. The van der Waals surface area contributed by atoms with Gasteiger partial charge in [0, 0.05) is 29.9 Å². The standard InChI is InChI=1S/C18H20N4O2/c1-2-13-14-5-3-4-6-15(14)20-16(13)18(23)22-9-7-12(8-10-22)17-19-11-24-21-17/h3-6,11-12,20H,2,7-10H2,1H3. The molecule has 24 heavy (non-hydrogen) atoms. The van der Waals surface area contributed by atoms with Crippen LogP contribution in [0, 0.1) is 0 Å². The maximum absolute atomic E-state index is 13.0. The molecule has 1 aromatic carbocycles. The molecule has 1 saturated heterocycles. The number of carbonyl (C=O) groups is 1. The van der Waals surface area contributed by atoms with Crippen molar-refractivity contribution >= 4 is 16.8 Å². The Bertz CT molecular complexity index is 845. The van der Waals surface area contributed by atoms with Crippen molar-refractivity contribution in [1.29, 1.82) is 0 Å². The summed E-state index contributed by atoms with van der Waals surface area (Å²) in [5.41, 5.74) is 2.87. The summed E-state index contributed by atoms with van der Waals surface area (Å²) in [4.78, 5) is 22.4. The highest BCUT2D eigenvalue weighted by atomic mass is 16.5. The molecule has 1 N–H and O–H groups in total. The molecule has 0 saturated carbocycles. The molecule has 0 bridgehead atoms. The second-order valence-electron chi connectivity index (χ2n) is 6.23. The summed E-state index contributed by atoms with van der Waals surface area (Å²) < 4.78 is 4.83. The van der Waals surface area contributed by atoms with E-state index < -0.39 is 0 Å². The zero-order valence-electron chi connectivity index (χ0n) is 13.7. The number of benzene rings is 1. The first kappa shape index (κ1) is 14.9. The average molecular weight is 324 g/mol. The van der Waals surface area contributed by atoms with E-state index in [1.807, 2.05) is 23.1 Å². The molecule has 4 rings (SSSR count). The molecule has 0 atom stereocenters. The number of hydrogen-bond donors (Lipinski definition) is 1. The fourth-order valence-electron chi connectivity index (χ4n) is 3.61. The van der Waals surface area contributed by atoms with E-state index in [0.29, 0.717) is 0 Å². The van der Waals surface area contributed by atoms with Gasteiger partial charge in [-0.25, -0.2) is 0 Å². The van der Waals surface area contributed by atoms with Crippen molar-refractivity contribution in [2.75, 3.05) is 13.1 Å². The second kappa shape index (κ2) is 6.11. The topological polar surface area (TPSA) is 75.0 Å². The second-order valence-corrected chi connectivity index (χ2v) is 6.23. The maximum Gasteiger partial charge on any atom is 0.270 e. The van der Waals surface area contributed by atoms with Crippen LogP contribution >= 0.6 is 0 Å². The summed E-state index contributed by atoms with van der Waals surface area (Å²) in [7, 11) is 0. The average Bonchev–Trinajstić information content (AvgIpc) is 3.28. The van der Waals surface area contributed by atoms with Gasteiger partial charge in [0.15, 0.2) is 5.82 Å². The van der Waals surface area contributed by atoms with Crippen molar-refractivity contribution in [2.24, 2.45) is 0 Å². The predicted molar refractivity (Wildman–Crippen MR) is 89.9 cm³/mol. The van der Waals surface area contributed by atoms with Crippen LogP contribution in [0.25, 0.3) is 10.9 Å². The summed E-state index contributed by atoms with van der Waals surface area (Å²) >= 11 is 0. The molecule has 1 amide bonds. The Kier molecular flexibility index (Phi) is 3.80. The molecule has 6 nitrogen and oxygen atoms in total. The van der Waals surface area contributed by atoms with E-state index in [9.17, 15) is 4.79 Å². The minimum absolute atomic E-state index is 0.0922. The molecule has 2 aromatic heterocycles. The SMILES string of the molecule is CCc1c(C(=O)N2CCC(c3ncon3)CC2)[nH]c2ccccc12. The van der Waals surface area contributed by atoms with E-state index in [2.05, 4.69) is 28.1 Å². The molecule has 0 aliphatic carbocycles. The molecular formula is C18H20N4O2. The largest absolute Gasteiger partial charge is 0.350 e. The molecule has 1 fully saturated rings. The number of H-pyrrole nitrogens is 1. The normalized spacial score (nSPS) is 16.0. The van der Waals surface area contributed by atoms with Gasteiger partial charge in [0.1, 0.15) is 5.69 Å². The van der Waals surface area contributed by atoms with Gasteiger partial charge in [-0.3, -0.25) is 4.79 Å². The van der Waals surface area contributed by atoms with Gasteiger partial charge < -0.3 is 14.4 Å². The lowest BCUT2D eigenvalue weighted by molar-refractivity contribution is 0.0704. The Labute approximate surface area is 139 Å². The first-order valence-electron chi connectivity index (χ1n) is 8.43. The zero-order valence-corrected chi connectivity index (χ0v) is 13.7. The van der Waals surface area contributed by atoms with Crippen LogP contribution in [0.5, 0.6) is 0 Å². The molecule has 3 heterocycles. The van der Waals surface area contributed by atoms with Gasteiger partial charge in [-0.05, 0) is 30.9 Å². The van der Waals surface area contributed by atoms with Gasteiger partial charge in [-0.1, -0.05) is 30.3 Å². The lowest BCUT2D eigenvalue weighted by atomic mass is 9.95. The molecule has 124 valence electrons. The van der Waals surface area contributed by atoms with Crippen LogP contribution in [0.1, 0.15) is 47.6 Å². The first-order chi connectivity index (χ1) is 11.8. The smallest absolute Gasteiger partial charge is 0.270 e. The molecule has 0 unspecified atom stereocenters. The Balaban J connectivity index is 1.54. The zero-order chi connectivity index (χ0) is 16.5. The van der Waals surface area contributed by atoms with Gasteiger partial charge in [0.25, 0.3) is 5.91 Å². The van der Waals surface area contributed by atoms with Crippen molar-refractivity contribution in [1.82, 2.24) is 20.0 Å². The Morgan fingerprint density at radius 3 is 2.83 bits per heavy atom.